The van der Waals surface area contributed by atoms with Gasteiger partial charge in [0.2, 0.25) is 0 Å². The third-order valence-corrected chi connectivity index (χ3v) is 6.38. The average molecular weight is 451 g/mol. The zero-order chi connectivity index (χ0) is 21.7. The second-order valence-corrected chi connectivity index (χ2v) is 8.60. The summed E-state index contributed by atoms with van der Waals surface area (Å²) in [6.45, 7) is 1.97. The van der Waals surface area contributed by atoms with Crippen LogP contribution in [0.5, 0.6) is 0 Å². The van der Waals surface area contributed by atoms with E-state index in [9.17, 15) is 14.7 Å². The van der Waals surface area contributed by atoms with Crippen LogP contribution in [0.1, 0.15) is 22.9 Å². The van der Waals surface area contributed by atoms with Crippen molar-refractivity contribution in [3.63, 3.8) is 0 Å². The molecule has 1 fully saturated rings. The normalized spacial score (nSPS) is 18.3. The van der Waals surface area contributed by atoms with Crippen LogP contribution in [0.15, 0.2) is 70.9 Å². The van der Waals surface area contributed by atoms with E-state index in [1.165, 1.54) is 22.5 Å². The highest BCUT2D eigenvalue weighted by Gasteiger charge is 2.49. The molecule has 0 spiro atoms. The van der Waals surface area contributed by atoms with Gasteiger partial charge >= 0.3 is 5.91 Å². The van der Waals surface area contributed by atoms with Crippen LogP contribution in [0.3, 0.4) is 0 Å². The van der Waals surface area contributed by atoms with Crippen LogP contribution in [0, 0.1) is 6.92 Å². The monoisotopic (exact) mass is 450 g/mol. The van der Waals surface area contributed by atoms with Crippen molar-refractivity contribution in [2.24, 2.45) is 0 Å². The average Bonchev–Trinajstić information content (AvgIpc) is 3.47. The van der Waals surface area contributed by atoms with Crippen LogP contribution in [-0.4, -0.2) is 21.8 Å². The van der Waals surface area contributed by atoms with Gasteiger partial charge in [-0.1, -0.05) is 29.0 Å². The number of aliphatic hydroxyl groups is 1. The molecular formula is C23H15ClN2O4S. The third kappa shape index (κ3) is 3.22. The number of aliphatic hydroxyl groups excluding tert-OH is 1. The summed E-state index contributed by atoms with van der Waals surface area (Å²) < 4.78 is 6.45. The zero-order valence-corrected chi connectivity index (χ0v) is 17.8. The number of nitrogens with zero attached hydrogens (tertiary/aromatic N) is 2. The molecule has 0 aliphatic carbocycles. The molecule has 2 aromatic carbocycles. The first-order valence-electron chi connectivity index (χ1n) is 9.41. The van der Waals surface area contributed by atoms with E-state index in [0.717, 1.165) is 15.8 Å². The lowest BCUT2D eigenvalue weighted by Gasteiger charge is -2.20. The molecule has 1 N–H and O–H groups in total. The Morgan fingerprint density at radius 2 is 1.94 bits per heavy atom. The van der Waals surface area contributed by atoms with Gasteiger partial charge in [0.25, 0.3) is 5.78 Å². The Hall–Kier alpha value is -3.42. The van der Waals surface area contributed by atoms with Crippen molar-refractivity contribution >= 4 is 55.7 Å². The van der Waals surface area contributed by atoms with E-state index >= 15 is 0 Å². The first kappa shape index (κ1) is 19.5. The van der Waals surface area contributed by atoms with Gasteiger partial charge in [0.1, 0.15) is 17.6 Å². The molecule has 0 radical (unpaired) electrons. The number of Topliss-reactive ketones (excluding diaryl/α,β-unsaturated/α-hetero) is 1. The number of carbonyl (C=O) groups excluding carboxylic acids is 2. The summed E-state index contributed by atoms with van der Waals surface area (Å²) in [6, 6.07) is 14.6. The molecule has 2 aromatic heterocycles. The van der Waals surface area contributed by atoms with Gasteiger partial charge in [0.05, 0.1) is 22.1 Å². The molecule has 154 valence electrons. The lowest BCUT2D eigenvalue weighted by atomic mass is 9.99. The molecule has 3 heterocycles. The second-order valence-electron chi connectivity index (χ2n) is 7.16. The minimum Gasteiger partial charge on any atom is -0.507 e. The topological polar surface area (TPSA) is 83.6 Å². The van der Waals surface area contributed by atoms with E-state index in [0.29, 0.717) is 21.5 Å². The summed E-state index contributed by atoms with van der Waals surface area (Å²) in [7, 11) is 0. The molecule has 1 aliphatic rings. The van der Waals surface area contributed by atoms with Crippen molar-refractivity contribution in [2.75, 3.05) is 4.90 Å². The third-order valence-electron chi connectivity index (χ3n) is 5.11. The number of ketones is 1. The number of amides is 1. The van der Waals surface area contributed by atoms with Gasteiger partial charge in [0, 0.05) is 10.6 Å². The fourth-order valence-electron chi connectivity index (χ4n) is 3.63. The van der Waals surface area contributed by atoms with Gasteiger partial charge in [-0.2, -0.15) is 0 Å². The summed E-state index contributed by atoms with van der Waals surface area (Å²) in [5.74, 6) is -1.52. The Morgan fingerprint density at radius 3 is 2.65 bits per heavy atom. The van der Waals surface area contributed by atoms with Crippen molar-refractivity contribution in [2.45, 2.75) is 13.0 Å². The van der Waals surface area contributed by atoms with Gasteiger partial charge in [0.15, 0.2) is 5.13 Å². The highest BCUT2D eigenvalue weighted by molar-refractivity contribution is 7.22. The van der Waals surface area contributed by atoms with Gasteiger partial charge in [-0.3, -0.25) is 14.5 Å². The van der Waals surface area contributed by atoms with E-state index in [1.54, 1.807) is 36.4 Å². The second kappa shape index (κ2) is 7.37. The summed E-state index contributed by atoms with van der Waals surface area (Å²) in [6.07, 6.45) is 1.46. The van der Waals surface area contributed by atoms with E-state index in [4.69, 9.17) is 16.0 Å². The van der Waals surface area contributed by atoms with E-state index in [1.807, 2.05) is 25.1 Å². The smallest absolute Gasteiger partial charge is 0.302 e. The molecule has 0 saturated carbocycles. The SMILES string of the molecule is Cc1ccc2nc(N3C(=O)C(=O)/C(=C(/O)c4ccc(Cl)cc4)C3c3ccco3)sc2c1. The standard InChI is InChI=1S/C23H15ClN2O4S/c1-12-4-9-15-17(11-12)31-23(25-15)26-19(16-3-2-10-30-16)18(21(28)22(26)29)20(27)13-5-7-14(24)8-6-13/h2-11,19,27H,1H3/b20-18+. The van der Waals surface area contributed by atoms with E-state index < -0.39 is 17.7 Å². The van der Waals surface area contributed by atoms with Gasteiger partial charge in [-0.05, 0) is 61.0 Å². The van der Waals surface area contributed by atoms with Crippen LogP contribution in [0.25, 0.3) is 16.0 Å². The van der Waals surface area contributed by atoms with Gasteiger partial charge in [-0.15, -0.1) is 0 Å². The van der Waals surface area contributed by atoms with Crippen molar-refractivity contribution in [3.8, 4) is 0 Å². The number of rotatable bonds is 3. The molecule has 1 amide bonds. The molecule has 4 aromatic rings. The minimum absolute atomic E-state index is 0.0577. The number of hydrogen-bond donors (Lipinski definition) is 1. The van der Waals surface area contributed by atoms with Crippen LogP contribution in [-0.2, 0) is 9.59 Å². The lowest BCUT2D eigenvalue weighted by Crippen LogP contribution is -2.29. The molecule has 31 heavy (non-hydrogen) atoms. The minimum atomic E-state index is -0.938. The van der Waals surface area contributed by atoms with Crippen LogP contribution in [0.2, 0.25) is 5.02 Å². The van der Waals surface area contributed by atoms with Crippen molar-refractivity contribution in [1.82, 2.24) is 4.98 Å². The molecule has 8 heteroatoms. The Balaban J connectivity index is 1.71. The highest BCUT2D eigenvalue weighted by atomic mass is 35.5. The Labute approximate surface area is 186 Å². The van der Waals surface area contributed by atoms with Crippen molar-refractivity contribution in [1.29, 1.82) is 0 Å². The number of benzene rings is 2. The number of anilines is 1. The Bertz CT molecular complexity index is 1360. The van der Waals surface area contributed by atoms with Crippen LogP contribution >= 0.6 is 22.9 Å². The quantitative estimate of drug-likeness (QED) is 0.254. The molecule has 0 bridgehead atoms. The Kier molecular flexibility index (Phi) is 4.64. The zero-order valence-electron chi connectivity index (χ0n) is 16.2. The number of aryl methyl sites for hydroxylation is 1. The molecule has 1 atom stereocenters. The molecule has 5 rings (SSSR count). The fraction of sp³-hybridized carbons (Fsp3) is 0.0870. The summed E-state index contributed by atoms with van der Waals surface area (Å²) in [5, 5.41) is 11.8. The maximum atomic E-state index is 13.1. The van der Waals surface area contributed by atoms with Crippen LogP contribution < -0.4 is 4.90 Å². The molecule has 1 aliphatic heterocycles. The van der Waals surface area contributed by atoms with Crippen LogP contribution in [0.4, 0.5) is 5.13 Å². The first-order valence-corrected chi connectivity index (χ1v) is 10.6. The molecule has 1 unspecified atom stereocenters. The summed E-state index contributed by atoms with van der Waals surface area (Å²) >= 11 is 7.25. The summed E-state index contributed by atoms with van der Waals surface area (Å²) in [4.78, 5) is 32.0. The number of furan rings is 1. The summed E-state index contributed by atoms with van der Waals surface area (Å²) in [5.41, 5.74) is 2.11. The predicted molar refractivity (Wildman–Crippen MR) is 119 cm³/mol. The fourth-order valence-corrected chi connectivity index (χ4v) is 4.85. The number of thiazole rings is 1. The largest absolute Gasteiger partial charge is 0.507 e. The number of fused-ring (bicyclic) bond motifs is 1. The van der Waals surface area contributed by atoms with Crippen molar-refractivity contribution in [3.05, 3.63) is 88.3 Å². The van der Waals surface area contributed by atoms with Crippen molar-refractivity contribution < 1.29 is 19.1 Å². The predicted octanol–water partition coefficient (Wildman–Crippen LogP) is 5.48. The van der Waals surface area contributed by atoms with E-state index in [-0.39, 0.29) is 11.3 Å². The number of aromatic nitrogens is 1. The maximum absolute atomic E-state index is 13.1. The number of hydrogen-bond acceptors (Lipinski definition) is 6. The molecule has 6 nitrogen and oxygen atoms in total. The lowest BCUT2D eigenvalue weighted by molar-refractivity contribution is -0.132. The maximum Gasteiger partial charge on any atom is 0.302 e. The Morgan fingerprint density at radius 1 is 1.16 bits per heavy atom. The molecular weight excluding hydrogens is 436 g/mol. The molecule has 1 saturated heterocycles. The number of carbonyl (C=O) groups is 2. The highest BCUT2D eigenvalue weighted by Crippen LogP contribution is 2.44. The van der Waals surface area contributed by atoms with Gasteiger partial charge < -0.3 is 9.52 Å². The first-order chi connectivity index (χ1) is 14.9. The van der Waals surface area contributed by atoms with Gasteiger partial charge in [-0.25, -0.2) is 4.98 Å². The number of halogens is 1. The van der Waals surface area contributed by atoms with E-state index in [2.05, 4.69) is 4.98 Å².